The van der Waals surface area contributed by atoms with Gasteiger partial charge in [-0.25, -0.2) is 0 Å². The number of hydrogen-bond donors (Lipinski definition) is 1. The van der Waals surface area contributed by atoms with Crippen molar-refractivity contribution in [3.8, 4) is 5.75 Å². The Morgan fingerprint density at radius 2 is 1.52 bits per heavy atom. The van der Waals surface area contributed by atoms with Crippen LogP contribution < -0.4 is 10.1 Å². The van der Waals surface area contributed by atoms with Crippen molar-refractivity contribution in [2.24, 2.45) is 23.7 Å². The monoisotopic (exact) mass is 285 g/mol. The molecule has 0 radical (unpaired) electrons. The maximum atomic E-state index is 5.26. The zero-order valence-corrected chi connectivity index (χ0v) is 13.2. The second kappa shape index (κ2) is 5.31. The van der Waals surface area contributed by atoms with Gasteiger partial charge in [0.2, 0.25) is 0 Å². The molecular formula is C19H27NO. The lowest BCUT2D eigenvalue weighted by Gasteiger charge is -2.55. The minimum Gasteiger partial charge on any atom is -0.497 e. The predicted octanol–water partition coefficient (Wildman–Crippen LogP) is 4.17. The quantitative estimate of drug-likeness (QED) is 0.896. The van der Waals surface area contributed by atoms with Crippen molar-refractivity contribution in [1.82, 2.24) is 5.32 Å². The zero-order chi connectivity index (χ0) is 14.4. The largest absolute Gasteiger partial charge is 0.497 e. The van der Waals surface area contributed by atoms with Crippen LogP contribution in [-0.2, 0) is 0 Å². The van der Waals surface area contributed by atoms with E-state index in [2.05, 4.69) is 36.5 Å². The molecule has 2 heteroatoms. The van der Waals surface area contributed by atoms with Gasteiger partial charge < -0.3 is 10.1 Å². The van der Waals surface area contributed by atoms with Gasteiger partial charge in [-0.3, -0.25) is 0 Å². The van der Waals surface area contributed by atoms with Crippen LogP contribution in [0.1, 0.15) is 50.6 Å². The first kappa shape index (κ1) is 13.6. The van der Waals surface area contributed by atoms with Crippen LogP contribution in [0.3, 0.4) is 0 Å². The van der Waals surface area contributed by atoms with Gasteiger partial charge in [0.1, 0.15) is 5.75 Å². The summed E-state index contributed by atoms with van der Waals surface area (Å²) in [5, 5.41) is 3.97. The fraction of sp³-hybridized carbons (Fsp3) is 0.684. The van der Waals surface area contributed by atoms with E-state index in [-0.39, 0.29) is 0 Å². The molecule has 0 amide bonds. The van der Waals surface area contributed by atoms with Crippen LogP contribution >= 0.6 is 0 Å². The highest BCUT2D eigenvalue weighted by Gasteiger charge is 2.48. The molecule has 0 aliphatic heterocycles. The molecule has 114 valence electrons. The second-order valence-corrected chi connectivity index (χ2v) is 7.62. The highest BCUT2D eigenvalue weighted by molar-refractivity contribution is 5.29. The van der Waals surface area contributed by atoms with Gasteiger partial charge in [0.25, 0.3) is 0 Å². The molecule has 1 atom stereocenters. The van der Waals surface area contributed by atoms with E-state index < -0.39 is 0 Å². The maximum Gasteiger partial charge on any atom is 0.118 e. The number of nitrogens with one attached hydrogen (secondary N) is 1. The van der Waals surface area contributed by atoms with Gasteiger partial charge in [-0.1, -0.05) is 12.1 Å². The van der Waals surface area contributed by atoms with Crippen molar-refractivity contribution in [3.63, 3.8) is 0 Å². The molecule has 0 heterocycles. The highest BCUT2D eigenvalue weighted by Crippen LogP contribution is 2.54. The van der Waals surface area contributed by atoms with Crippen molar-refractivity contribution >= 4 is 0 Å². The Morgan fingerprint density at radius 1 is 0.952 bits per heavy atom. The summed E-state index contributed by atoms with van der Waals surface area (Å²) in [6.45, 7) is 2.31. The molecule has 2 nitrogen and oxygen atoms in total. The maximum absolute atomic E-state index is 5.26. The SMILES string of the molecule is COc1ccc(C(C)NC2C3CC4CC(C3)CC2C4)cc1. The number of methoxy groups -OCH3 is 1. The first-order valence-electron chi connectivity index (χ1n) is 8.63. The van der Waals surface area contributed by atoms with E-state index in [0.29, 0.717) is 6.04 Å². The number of hydrogen-bond acceptors (Lipinski definition) is 2. The molecule has 4 aliphatic carbocycles. The first-order valence-corrected chi connectivity index (χ1v) is 8.63. The van der Waals surface area contributed by atoms with E-state index in [1.807, 2.05) is 0 Å². The number of ether oxygens (including phenoxy) is 1. The number of benzene rings is 1. The van der Waals surface area contributed by atoms with Crippen LogP contribution in [0.2, 0.25) is 0 Å². The predicted molar refractivity (Wildman–Crippen MR) is 85.4 cm³/mol. The van der Waals surface area contributed by atoms with Crippen LogP contribution in [-0.4, -0.2) is 13.2 Å². The first-order chi connectivity index (χ1) is 10.2. The van der Waals surface area contributed by atoms with Crippen LogP contribution in [0.4, 0.5) is 0 Å². The summed E-state index contributed by atoms with van der Waals surface area (Å²) in [4.78, 5) is 0. The standard InChI is InChI=1S/C19H27NO/c1-12(15-3-5-18(21-2)6-4-15)20-19-16-8-13-7-14(10-16)11-17(19)9-13/h3-6,12-14,16-17,19-20H,7-11H2,1-2H3. The molecule has 5 rings (SSSR count). The van der Waals surface area contributed by atoms with Crippen LogP contribution in [0.25, 0.3) is 0 Å². The minimum absolute atomic E-state index is 0.443. The molecule has 21 heavy (non-hydrogen) atoms. The molecule has 4 bridgehead atoms. The van der Waals surface area contributed by atoms with E-state index in [9.17, 15) is 0 Å². The summed E-state index contributed by atoms with van der Waals surface area (Å²) in [5.74, 6) is 4.95. The molecular weight excluding hydrogens is 258 g/mol. The lowest BCUT2D eigenvalue weighted by atomic mass is 9.54. The van der Waals surface area contributed by atoms with Crippen LogP contribution in [0, 0.1) is 23.7 Å². The lowest BCUT2D eigenvalue weighted by molar-refractivity contribution is -0.0171. The van der Waals surface area contributed by atoms with E-state index in [4.69, 9.17) is 4.74 Å². The summed E-state index contributed by atoms with van der Waals surface area (Å²) < 4.78 is 5.26. The van der Waals surface area contributed by atoms with E-state index in [1.165, 1.54) is 37.7 Å². The summed E-state index contributed by atoms with van der Waals surface area (Å²) >= 11 is 0. The molecule has 0 aromatic heterocycles. The van der Waals surface area contributed by atoms with Crippen molar-refractivity contribution in [3.05, 3.63) is 29.8 Å². The van der Waals surface area contributed by atoms with E-state index in [0.717, 1.165) is 35.5 Å². The second-order valence-electron chi connectivity index (χ2n) is 7.62. The summed E-state index contributed by atoms with van der Waals surface area (Å²) in [6, 6.07) is 9.75. The van der Waals surface area contributed by atoms with Gasteiger partial charge >= 0.3 is 0 Å². The Morgan fingerprint density at radius 3 is 2.05 bits per heavy atom. The molecule has 1 aromatic rings. The zero-order valence-electron chi connectivity index (χ0n) is 13.2. The highest BCUT2D eigenvalue weighted by atomic mass is 16.5. The topological polar surface area (TPSA) is 21.3 Å². The van der Waals surface area contributed by atoms with Gasteiger partial charge in [0.05, 0.1) is 7.11 Å². The van der Waals surface area contributed by atoms with E-state index in [1.54, 1.807) is 7.11 Å². The summed E-state index contributed by atoms with van der Waals surface area (Å²) in [6.07, 6.45) is 7.48. The summed E-state index contributed by atoms with van der Waals surface area (Å²) in [5.41, 5.74) is 1.38. The Bertz CT molecular complexity index is 467. The van der Waals surface area contributed by atoms with Gasteiger partial charge in [-0.2, -0.15) is 0 Å². The molecule has 4 fully saturated rings. The van der Waals surface area contributed by atoms with Crippen molar-refractivity contribution in [2.45, 2.75) is 51.1 Å². The molecule has 1 N–H and O–H groups in total. The molecule has 0 spiro atoms. The van der Waals surface area contributed by atoms with Gasteiger partial charge in [0.15, 0.2) is 0 Å². The smallest absolute Gasteiger partial charge is 0.118 e. The summed E-state index contributed by atoms with van der Waals surface area (Å²) in [7, 11) is 1.73. The average Bonchev–Trinajstić information content (AvgIpc) is 2.50. The van der Waals surface area contributed by atoms with Crippen molar-refractivity contribution in [2.75, 3.05) is 7.11 Å². The minimum atomic E-state index is 0.443. The normalized spacial score (nSPS) is 38.5. The third kappa shape index (κ3) is 2.48. The fourth-order valence-electron chi connectivity index (χ4n) is 5.47. The molecule has 1 unspecified atom stereocenters. The third-order valence-electron chi connectivity index (χ3n) is 6.28. The van der Waals surface area contributed by atoms with Crippen LogP contribution in [0.15, 0.2) is 24.3 Å². The Balaban J connectivity index is 1.45. The molecule has 4 aliphatic rings. The lowest BCUT2D eigenvalue weighted by Crippen LogP contribution is -2.54. The molecule has 1 aromatic carbocycles. The van der Waals surface area contributed by atoms with Crippen LogP contribution in [0.5, 0.6) is 5.75 Å². The number of rotatable bonds is 4. The van der Waals surface area contributed by atoms with Gasteiger partial charge in [-0.05, 0) is 80.4 Å². The average molecular weight is 285 g/mol. The van der Waals surface area contributed by atoms with Crippen molar-refractivity contribution in [1.29, 1.82) is 0 Å². The van der Waals surface area contributed by atoms with E-state index >= 15 is 0 Å². The van der Waals surface area contributed by atoms with Crippen molar-refractivity contribution < 1.29 is 4.74 Å². The van der Waals surface area contributed by atoms with Gasteiger partial charge in [0, 0.05) is 12.1 Å². The Labute approximate surface area is 128 Å². The van der Waals surface area contributed by atoms with Gasteiger partial charge in [-0.15, -0.1) is 0 Å². The molecule has 0 saturated heterocycles. The third-order valence-corrected chi connectivity index (χ3v) is 6.28. The Kier molecular flexibility index (Phi) is 3.45. The Hall–Kier alpha value is -1.02. The fourth-order valence-corrected chi connectivity index (χ4v) is 5.47. The molecule has 4 saturated carbocycles.